The fraction of sp³-hybridized carbons (Fsp3) is 0.143. The van der Waals surface area contributed by atoms with E-state index < -0.39 is 9.84 Å². The maximum atomic E-state index is 12.9. The van der Waals surface area contributed by atoms with Crippen molar-refractivity contribution in [1.29, 1.82) is 0 Å². The lowest BCUT2D eigenvalue weighted by atomic mass is 10.2. The van der Waals surface area contributed by atoms with Crippen LogP contribution in [-0.4, -0.2) is 14.7 Å². The molecule has 2 aromatic rings. The number of rotatable bonds is 4. The number of hydrogen-bond acceptors (Lipinski definition) is 4. The summed E-state index contributed by atoms with van der Waals surface area (Å²) in [5.74, 6) is -0.384. The van der Waals surface area contributed by atoms with Crippen molar-refractivity contribution in [3.63, 3.8) is 0 Å². The number of sulfone groups is 1. The highest BCUT2D eigenvalue weighted by molar-refractivity contribution is 7.90. The zero-order chi connectivity index (χ0) is 14.8. The number of nitrogens with one attached hydrogen (secondary N) is 1. The molecule has 4 nitrogen and oxygen atoms in total. The molecule has 0 atom stereocenters. The quantitative estimate of drug-likeness (QED) is 0.849. The van der Waals surface area contributed by atoms with Gasteiger partial charge in [0.2, 0.25) is 0 Å². The minimum absolute atomic E-state index is 0.280. The van der Waals surface area contributed by atoms with Crippen LogP contribution >= 0.6 is 0 Å². The molecule has 0 unspecified atom stereocenters. The third-order valence-electron chi connectivity index (χ3n) is 2.85. The molecule has 6 heteroatoms. The van der Waals surface area contributed by atoms with Gasteiger partial charge >= 0.3 is 0 Å². The standard InChI is InChI=1S/C14H15FN2O2S/c1-20(18,19)12-5-2-10(3-6-12)9-17-14-7-4-11(15)8-13(14)16/h2-8,17H,9,16H2,1H3. The van der Waals surface area contributed by atoms with Gasteiger partial charge in [-0.1, -0.05) is 12.1 Å². The van der Waals surface area contributed by atoms with E-state index in [9.17, 15) is 12.8 Å². The fourth-order valence-corrected chi connectivity index (χ4v) is 2.38. The van der Waals surface area contributed by atoms with Crippen LogP contribution in [0.1, 0.15) is 5.56 Å². The van der Waals surface area contributed by atoms with Gasteiger partial charge in [-0.3, -0.25) is 0 Å². The molecule has 0 heterocycles. The summed E-state index contributed by atoms with van der Waals surface area (Å²) in [5, 5.41) is 3.07. The second-order valence-corrected chi connectivity index (χ2v) is 6.52. The molecule has 0 radical (unpaired) electrons. The van der Waals surface area contributed by atoms with Gasteiger partial charge in [-0.15, -0.1) is 0 Å². The van der Waals surface area contributed by atoms with Crippen molar-refractivity contribution in [3.05, 3.63) is 53.8 Å². The number of anilines is 2. The topological polar surface area (TPSA) is 72.2 Å². The van der Waals surface area contributed by atoms with E-state index in [0.29, 0.717) is 17.9 Å². The van der Waals surface area contributed by atoms with E-state index in [-0.39, 0.29) is 10.7 Å². The Hall–Kier alpha value is -2.08. The van der Waals surface area contributed by atoms with Crippen LogP contribution in [0.4, 0.5) is 15.8 Å². The van der Waals surface area contributed by atoms with Crippen LogP contribution in [0.15, 0.2) is 47.4 Å². The molecule has 2 aromatic carbocycles. The molecule has 0 aromatic heterocycles. The first-order valence-electron chi connectivity index (χ1n) is 5.94. The third kappa shape index (κ3) is 3.48. The first kappa shape index (κ1) is 14.3. The Morgan fingerprint density at radius 3 is 2.35 bits per heavy atom. The summed E-state index contributed by atoms with van der Waals surface area (Å²) in [5.41, 5.74) is 7.56. The zero-order valence-electron chi connectivity index (χ0n) is 10.9. The van der Waals surface area contributed by atoms with E-state index >= 15 is 0 Å². The Balaban J connectivity index is 2.08. The van der Waals surface area contributed by atoms with Gasteiger partial charge in [-0.25, -0.2) is 12.8 Å². The van der Waals surface area contributed by atoms with Crippen LogP contribution in [0.2, 0.25) is 0 Å². The molecule has 0 aliphatic carbocycles. The largest absolute Gasteiger partial charge is 0.397 e. The van der Waals surface area contributed by atoms with Gasteiger partial charge in [-0.2, -0.15) is 0 Å². The van der Waals surface area contributed by atoms with Crippen molar-refractivity contribution >= 4 is 21.2 Å². The molecule has 0 spiro atoms. The first-order valence-corrected chi connectivity index (χ1v) is 7.83. The molecule has 0 saturated heterocycles. The van der Waals surface area contributed by atoms with E-state index in [1.54, 1.807) is 30.3 Å². The van der Waals surface area contributed by atoms with Gasteiger partial charge < -0.3 is 11.1 Å². The number of benzene rings is 2. The van der Waals surface area contributed by atoms with Crippen molar-refractivity contribution in [2.24, 2.45) is 0 Å². The van der Waals surface area contributed by atoms with Gasteiger partial charge in [0.25, 0.3) is 0 Å². The Labute approximate surface area is 117 Å². The first-order chi connectivity index (χ1) is 9.36. The molecular weight excluding hydrogens is 279 g/mol. The molecule has 0 bridgehead atoms. The maximum Gasteiger partial charge on any atom is 0.175 e. The predicted molar refractivity (Wildman–Crippen MR) is 77.7 cm³/mol. The Morgan fingerprint density at radius 1 is 1.15 bits per heavy atom. The molecule has 0 saturated carbocycles. The smallest absolute Gasteiger partial charge is 0.175 e. The third-order valence-corrected chi connectivity index (χ3v) is 3.98. The molecule has 0 fully saturated rings. The van der Waals surface area contributed by atoms with Crippen LogP contribution in [-0.2, 0) is 16.4 Å². The Kier molecular flexibility index (Phi) is 3.94. The molecule has 0 aliphatic heterocycles. The monoisotopic (exact) mass is 294 g/mol. The minimum atomic E-state index is -3.18. The van der Waals surface area contributed by atoms with E-state index in [0.717, 1.165) is 5.56 Å². The van der Waals surface area contributed by atoms with Crippen LogP contribution in [0.3, 0.4) is 0 Å². The van der Waals surface area contributed by atoms with Crippen LogP contribution < -0.4 is 11.1 Å². The van der Waals surface area contributed by atoms with E-state index in [4.69, 9.17) is 5.73 Å². The summed E-state index contributed by atoms with van der Waals surface area (Å²) in [4.78, 5) is 0.280. The molecule has 20 heavy (non-hydrogen) atoms. The molecule has 2 rings (SSSR count). The molecule has 0 aliphatic rings. The summed E-state index contributed by atoms with van der Waals surface area (Å²) in [6, 6.07) is 10.7. The van der Waals surface area contributed by atoms with Crippen LogP contribution in [0.25, 0.3) is 0 Å². The van der Waals surface area contributed by atoms with Crippen LogP contribution in [0.5, 0.6) is 0 Å². The van der Waals surface area contributed by atoms with Gasteiger partial charge in [0.15, 0.2) is 9.84 Å². The summed E-state index contributed by atoms with van der Waals surface area (Å²) in [7, 11) is -3.18. The lowest BCUT2D eigenvalue weighted by Gasteiger charge is -2.09. The van der Waals surface area contributed by atoms with Crippen molar-refractivity contribution in [1.82, 2.24) is 0 Å². The van der Waals surface area contributed by atoms with Crippen molar-refractivity contribution in [3.8, 4) is 0 Å². The van der Waals surface area contributed by atoms with E-state index in [1.807, 2.05) is 0 Å². The zero-order valence-corrected chi connectivity index (χ0v) is 11.7. The highest BCUT2D eigenvalue weighted by Crippen LogP contribution is 2.20. The number of halogens is 1. The van der Waals surface area contributed by atoms with Gasteiger partial charge in [0, 0.05) is 12.8 Å². The predicted octanol–water partition coefficient (Wildman–Crippen LogP) is 2.42. The van der Waals surface area contributed by atoms with Gasteiger partial charge in [0.05, 0.1) is 16.3 Å². The van der Waals surface area contributed by atoms with Crippen molar-refractivity contribution < 1.29 is 12.8 Å². The Bertz CT molecular complexity index is 712. The lowest BCUT2D eigenvalue weighted by molar-refractivity contribution is 0.602. The molecule has 3 N–H and O–H groups in total. The average molecular weight is 294 g/mol. The number of nitrogens with two attached hydrogens (primary N) is 1. The SMILES string of the molecule is CS(=O)(=O)c1ccc(CNc2ccc(F)cc2N)cc1. The second-order valence-electron chi connectivity index (χ2n) is 4.50. The number of hydrogen-bond donors (Lipinski definition) is 2. The Morgan fingerprint density at radius 2 is 1.80 bits per heavy atom. The normalized spacial score (nSPS) is 11.3. The second kappa shape index (κ2) is 5.50. The van der Waals surface area contributed by atoms with Crippen molar-refractivity contribution in [2.45, 2.75) is 11.4 Å². The average Bonchev–Trinajstić information content (AvgIpc) is 2.37. The van der Waals surface area contributed by atoms with Crippen LogP contribution in [0, 0.1) is 5.82 Å². The van der Waals surface area contributed by atoms with Gasteiger partial charge in [-0.05, 0) is 35.9 Å². The van der Waals surface area contributed by atoms with E-state index in [2.05, 4.69) is 5.32 Å². The summed E-state index contributed by atoms with van der Waals surface area (Å²) >= 11 is 0. The molecular formula is C14H15FN2O2S. The summed E-state index contributed by atoms with van der Waals surface area (Å²) in [6.07, 6.45) is 1.17. The maximum absolute atomic E-state index is 12.9. The summed E-state index contributed by atoms with van der Waals surface area (Å²) in [6.45, 7) is 0.472. The molecule has 0 amide bonds. The van der Waals surface area contributed by atoms with Gasteiger partial charge in [0.1, 0.15) is 5.82 Å². The number of nitrogen functional groups attached to an aromatic ring is 1. The fourth-order valence-electron chi connectivity index (χ4n) is 1.75. The van der Waals surface area contributed by atoms with Crippen molar-refractivity contribution in [2.75, 3.05) is 17.3 Å². The van der Waals surface area contributed by atoms with E-state index in [1.165, 1.54) is 18.4 Å². The lowest BCUT2D eigenvalue weighted by Crippen LogP contribution is -2.03. The highest BCUT2D eigenvalue weighted by atomic mass is 32.2. The highest BCUT2D eigenvalue weighted by Gasteiger charge is 2.06. The summed E-state index contributed by atoms with van der Waals surface area (Å²) < 4.78 is 35.6. The minimum Gasteiger partial charge on any atom is -0.397 e. The molecule has 106 valence electrons.